The largest absolute Gasteiger partial charge is 0.378 e. The maximum atomic E-state index is 11.5. The van der Waals surface area contributed by atoms with E-state index in [0.717, 1.165) is 18.7 Å². The van der Waals surface area contributed by atoms with E-state index in [1.165, 1.54) is 0 Å². The van der Waals surface area contributed by atoms with Crippen LogP contribution >= 0.6 is 0 Å². The number of rotatable bonds is 9. The molecule has 0 saturated heterocycles. The summed E-state index contributed by atoms with van der Waals surface area (Å²) < 4.78 is 10.3. The second-order valence-corrected chi connectivity index (χ2v) is 4.51. The minimum atomic E-state index is -0.661. The summed E-state index contributed by atoms with van der Waals surface area (Å²) in [4.78, 5) is 34.5. The molecule has 7 heteroatoms. The third kappa shape index (κ3) is 5.60. The molecule has 20 heavy (non-hydrogen) atoms. The zero-order valence-electron chi connectivity index (χ0n) is 11.8. The van der Waals surface area contributed by atoms with Gasteiger partial charge in [-0.25, -0.2) is 4.90 Å². The highest BCUT2D eigenvalue weighted by Gasteiger charge is 2.29. The Balaban J connectivity index is 2.03. The Morgan fingerprint density at radius 3 is 2.35 bits per heavy atom. The molecule has 0 aromatic rings. The Morgan fingerprint density at radius 1 is 1.15 bits per heavy atom. The molecule has 0 atom stereocenters. The first-order chi connectivity index (χ1) is 9.52. The predicted molar refractivity (Wildman–Crippen MR) is 70.8 cm³/mol. The molecule has 0 unspecified atom stereocenters. The summed E-state index contributed by atoms with van der Waals surface area (Å²) in [6.45, 7) is 5.67. The number of imide groups is 3. The van der Waals surface area contributed by atoms with Crippen LogP contribution in [-0.4, -0.2) is 61.6 Å². The molecular formula is C13H20N2O5. The van der Waals surface area contributed by atoms with E-state index in [0.29, 0.717) is 24.2 Å². The van der Waals surface area contributed by atoms with Crippen LogP contribution in [0.15, 0.2) is 12.2 Å². The Morgan fingerprint density at radius 2 is 1.75 bits per heavy atom. The van der Waals surface area contributed by atoms with Gasteiger partial charge in [-0.05, 0) is 0 Å². The summed E-state index contributed by atoms with van der Waals surface area (Å²) in [6, 6.07) is 0.414. The van der Waals surface area contributed by atoms with Crippen LogP contribution in [0.2, 0.25) is 0 Å². The first-order valence-corrected chi connectivity index (χ1v) is 6.50. The van der Waals surface area contributed by atoms with Crippen molar-refractivity contribution < 1.29 is 23.9 Å². The van der Waals surface area contributed by atoms with Crippen molar-refractivity contribution in [3.8, 4) is 0 Å². The summed E-state index contributed by atoms with van der Waals surface area (Å²) in [5, 5.41) is 3.19. The Labute approximate surface area is 117 Å². The number of hydrogen-bond acceptors (Lipinski definition) is 6. The highest BCUT2D eigenvalue weighted by molar-refractivity contribution is 6.22. The molecule has 1 N–H and O–H groups in total. The molecule has 1 aliphatic heterocycles. The van der Waals surface area contributed by atoms with Crippen LogP contribution in [0.25, 0.3) is 0 Å². The summed E-state index contributed by atoms with van der Waals surface area (Å²) in [6.07, 6.45) is 2.12. The summed E-state index contributed by atoms with van der Waals surface area (Å²) in [7, 11) is 0. The third-order valence-electron chi connectivity index (χ3n) is 2.46. The minimum absolute atomic E-state index is 0.233. The quantitative estimate of drug-likeness (QED) is 0.452. The molecule has 1 aliphatic rings. The van der Waals surface area contributed by atoms with Gasteiger partial charge in [0.25, 0.3) is 17.7 Å². The topological polar surface area (TPSA) is 84.9 Å². The fourth-order valence-electron chi connectivity index (χ4n) is 1.51. The lowest BCUT2D eigenvalue weighted by atomic mass is 10.4. The van der Waals surface area contributed by atoms with Crippen LogP contribution in [0.1, 0.15) is 13.8 Å². The number of carbonyl (C=O) groups excluding carboxylic acids is 3. The SMILES string of the molecule is CC(C)NCCOCCOCC(=O)N1C(=O)C=CC1=O. The van der Waals surface area contributed by atoms with Crippen LogP contribution in [0.3, 0.4) is 0 Å². The van der Waals surface area contributed by atoms with E-state index in [-0.39, 0.29) is 13.2 Å². The van der Waals surface area contributed by atoms with Gasteiger partial charge in [-0.15, -0.1) is 0 Å². The van der Waals surface area contributed by atoms with Gasteiger partial charge in [0.15, 0.2) is 0 Å². The number of hydrogen-bond donors (Lipinski definition) is 1. The average Bonchev–Trinajstić information content (AvgIpc) is 2.71. The number of ether oxygens (including phenoxy) is 2. The van der Waals surface area contributed by atoms with Gasteiger partial charge in [-0.2, -0.15) is 0 Å². The monoisotopic (exact) mass is 284 g/mol. The van der Waals surface area contributed by atoms with E-state index >= 15 is 0 Å². The van der Waals surface area contributed by atoms with E-state index < -0.39 is 17.7 Å². The second-order valence-electron chi connectivity index (χ2n) is 4.51. The smallest absolute Gasteiger partial charge is 0.262 e. The minimum Gasteiger partial charge on any atom is -0.378 e. The van der Waals surface area contributed by atoms with Crippen LogP contribution in [0, 0.1) is 0 Å². The average molecular weight is 284 g/mol. The maximum Gasteiger partial charge on any atom is 0.262 e. The van der Waals surface area contributed by atoms with Crippen LogP contribution < -0.4 is 5.32 Å². The standard InChI is InChI=1S/C13H20N2O5/c1-10(2)14-5-6-19-7-8-20-9-13(18)15-11(16)3-4-12(15)17/h3-4,10,14H,5-9H2,1-2H3. The Bertz CT molecular complexity index is 374. The van der Waals surface area contributed by atoms with Gasteiger partial charge >= 0.3 is 0 Å². The molecule has 0 bridgehead atoms. The molecule has 7 nitrogen and oxygen atoms in total. The number of nitrogens with one attached hydrogen (secondary N) is 1. The predicted octanol–water partition coefficient (Wildman–Crippen LogP) is -0.531. The molecular weight excluding hydrogens is 264 g/mol. The van der Waals surface area contributed by atoms with Gasteiger partial charge in [0, 0.05) is 24.7 Å². The van der Waals surface area contributed by atoms with Crippen molar-refractivity contribution in [1.82, 2.24) is 10.2 Å². The highest BCUT2D eigenvalue weighted by atomic mass is 16.5. The fraction of sp³-hybridized carbons (Fsp3) is 0.615. The fourth-order valence-corrected chi connectivity index (χ4v) is 1.51. The molecule has 112 valence electrons. The lowest BCUT2D eigenvalue weighted by molar-refractivity contribution is -0.151. The number of carbonyl (C=O) groups is 3. The van der Waals surface area contributed by atoms with Crippen molar-refractivity contribution in [3.63, 3.8) is 0 Å². The van der Waals surface area contributed by atoms with E-state index in [1.54, 1.807) is 0 Å². The molecule has 0 spiro atoms. The van der Waals surface area contributed by atoms with Crippen molar-refractivity contribution >= 4 is 17.7 Å². The Hall–Kier alpha value is -1.57. The zero-order valence-corrected chi connectivity index (χ0v) is 11.8. The molecule has 0 aliphatic carbocycles. The Kier molecular flexibility index (Phi) is 7.06. The van der Waals surface area contributed by atoms with Gasteiger partial charge in [0.05, 0.1) is 19.8 Å². The first kappa shape index (κ1) is 16.5. The molecule has 0 saturated carbocycles. The third-order valence-corrected chi connectivity index (χ3v) is 2.46. The van der Waals surface area contributed by atoms with Gasteiger partial charge in [0.1, 0.15) is 6.61 Å². The van der Waals surface area contributed by atoms with Crippen molar-refractivity contribution in [1.29, 1.82) is 0 Å². The summed E-state index contributed by atoms with van der Waals surface area (Å²) in [5.74, 6) is -1.91. The maximum absolute atomic E-state index is 11.5. The highest BCUT2D eigenvalue weighted by Crippen LogP contribution is 2.03. The van der Waals surface area contributed by atoms with Crippen molar-refractivity contribution in [2.45, 2.75) is 19.9 Å². The van der Waals surface area contributed by atoms with Crippen molar-refractivity contribution in [2.75, 3.05) is 33.0 Å². The van der Waals surface area contributed by atoms with Crippen LogP contribution in [0.4, 0.5) is 0 Å². The number of nitrogens with zero attached hydrogens (tertiary/aromatic N) is 1. The van der Waals surface area contributed by atoms with E-state index in [4.69, 9.17) is 9.47 Å². The lowest BCUT2D eigenvalue weighted by Crippen LogP contribution is -2.38. The van der Waals surface area contributed by atoms with Gasteiger partial charge in [-0.1, -0.05) is 13.8 Å². The molecule has 0 aromatic heterocycles. The molecule has 3 amide bonds. The van der Waals surface area contributed by atoms with E-state index in [2.05, 4.69) is 5.32 Å². The number of amides is 3. The zero-order chi connectivity index (χ0) is 15.0. The normalized spacial score (nSPS) is 14.7. The van der Waals surface area contributed by atoms with Gasteiger partial charge in [-0.3, -0.25) is 14.4 Å². The molecule has 0 radical (unpaired) electrons. The molecule has 1 heterocycles. The van der Waals surface area contributed by atoms with Crippen molar-refractivity contribution in [2.24, 2.45) is 0 Å². The van der Waals surface area contributed by atoms with Crippen LogP contribution in [0.5, 0.6) is 0 Å². The van der Waals surface area contributed by atoms with Crippen LogP contribution in [-0.2, 0) is 23.9 Å². The summed E-state index contributed by atoms with van der Waals surface area (Å²) in [5.41, 5.74) is 0. The van der Waals surface area contributed by atoms with E-state index in [1.807, 2.05) is 13.8 Å². The molecule has 0 fully saturated rings. The molecule has 0 aromatic carbocycles. The second kappa shape index (κ2) is 8.57. The summed E-state index contributed by atoms with van der Waals surface area (Å²) >= 11 is 0. The van der Waals surface area contributed by atoms with E-state index in [9.17, 15) is 14.4 Å². The van der Waals surface area contributed by atoms with Gasteiger partial charge in [0.2, 0.25) is 0 Å². The van der Waals surface area contributed by atoms with Gasteiger partial charge < -0.3 is 14.8 Å². The first-order valence-electron chi connectivity index (χ1n) is 6.50. The lowest BCUT2D eigenvalue weighted by Gasteiger charge is -2.12. The molecule has 1 rings (SSSR count). The van der Waals surface area contributed by atoms with Crippen molar-refractivity contribution in [3.05, 3.63) is 12.2 Å².